The van der Waals surface area contributed by atoms with Gasteiger partial charge in [0.25, 0.3) is 0 Å². The summed E-state index contributed by atoms with van der Waals surface area (Å²) in [4.78, 5) is 10.5. The molecule has 0 aliphatic heterocycles. The molecule has 76 valence electrons. The van der Waals surface area contributed by atoms with Gasteiger partial charge in [-0.3, -0.25) is 0 Å². The van der Waals surface area contributed by atoms with E-state index in [-0.39, 0.29) is 0 Å². The summed E-state index contributed by atoms with van der Waals surface area (Å²) in [5, 5.41) is 0. The summed E-state index contributed by atoms with van der Waals surface area (Å²) in [6.07, 6.45) is 0. The quantitative estimate of drug-likeness (QED) is 0.545. The van der Waals surface area contributed by atoms with Crippen molar-refractivity contribution in [2.45, 2.75) is 0 Å². The lowest BCUT2D eigenvalue weighted by Crippen LogP contribution is -1.85. The van der Waals surface area contributed by atoms with E-state index in [1.54, 1.807) is 5.94 Å². The highest BCUT2D eigenvalue weighted by Gasteiger charge is 2.02. The molecule has 0 unspecified atom stereocenters. The van der Waals surface area contributed by atoms with Gasteiger partial charge in [-0.15, -0.1) is 0 Å². The van der Waals surface area contributed by atoms with Crippen LogP contribution in [-0.2, 0) is 4.79 Å². The van der Waals surface area contributed by atoms with Crippen molar-refractivity contribution in [1.29, 1.82) is 0 Å². The zero-order chi connectivity index (χ0) is 11.2. The highest BCUT2D eigenvalue weighted by Crippen LogP contribution is 2.21. The minimum absolute atomic E-state index is 0.774. The van der Waals surface area contributed by atoms with Gasteiger partial charge >= 0.3 is 0 Å². The molecule has 2 aromatic carbocycles. The van der Waals surface area contributed by atoms with Crippen molar-refractivity contribution >= 4 is 11.5 Å². The molecule has 0 bridgehead atoms. The molecule has 0 saturated carbocycles. The van der Waals surface area contributed by atoms with Gasteiger partial charge in [0.1, 0.15) is 0 Å². The Bertz CT molecular complexity index is 501. The van der Waals surface area contributed by atoms with Gasteiger partial charge in [0, 0.05) is 5.57 Å². The predicted octanol–water partition coefficient (Wildman–Crippen LogP) is 3.11. The van der Waals surface area contributed by atoms with Gasteiger partial charge in [0.2, 0.25) is 0 Å². The molecule has 0 N–H and O–H groups in total. The van der Waals surface area contributed by atoms with Crippen LogP contribution in [0.3, 0.4) is 0 Å². The summed E-state index contributed by atoms with van der Waals surface area (Å²) in [6.45, 7) is 0. The Hall–Kier alpha value is -2.33. The first-order valence-corrected chi connectivity index (χ1v) is 5.03. The van der Waals surface area contributed by atoms with Gasteiger partial charge in [0.05, 0.1) is 0 Å². The number of rotatable bonds is 2. The van der Waals surface area contributed by atoms with E-state index in [9.17, 15) is 4.79 Å². The lowest BCUT2D eigenvalue weighted by atomic mass is 9.99. The molecule has 0 fully saturated rings. The third-order valence-electron chi connectivity index (χ3n) is 2.30. The Labute approximate surface area is 94.4 Å². The minimum atomic E-state index is 0.774. The fourth-order valence-corrected chi connectivity index (χ4v) is 1.57. The SMILES string of the molecule is O=C=C=C(c1ccccc1)c1ccccc1. The molecule has 0 saturated heterocycles. The standard InChI is InChI=1S/C15H10O/c16-12-11-15(13-7-3-1-4-8-13)14-9-5-2-6-10-14/h1-10H. The topological polar surface area (TPSA) is 17.1 Å². The van der Waals surface area contributed by atoms with Crippen LogP contribution in [0.2, 0.25) is 0 Å². The van der Waals surface area contributed by atoms with Crippen LogP contribution in [0, 0.1) is 0 Å². The number of carbonyl (C=O) groups excluding carboxylic acids is 1. The van der Waals surface area contributed by atoms with Crippen LogP contribution >= 0.6 is 0 Å². The van der Waals surface area contributed by atoms with Crippen molar-refractivity contribution in [3.63, 3.8) is 0 Å². The van der Waals surface area contributed by atoms with Crippen molar-refractivity contribution in [3.8, 4) is 0 Å². The molecule has 0 heterocycles. The maximum Gasteiger partial charge on any atom is 0.177 e. The van der Waals surface area contributed by atoms with Crippen molar-refractivity contribution < 1.29 is 4.79 Å². The lowest BCUT2D eigenvalue weighted by molar-refractivity contribution is 0.569. The number of hydrogen-bond donors (Lipinski definition) is 0. The zero-order valence-electron chi connectivity index (χ0n) is 8.68. The van der Waals surface area contributed by atoms with Gasteiger partial charge in [-0.1, -0.05) is 60.7 Å². The van der Waals surface area contributed by atoms with E-state index in [4.69, 9.17) is 0 Å². The molecule has 0 aliphatic carbocycles. The normalized spacial score (nSPS) is 9.00. The van der Waals surface area contributed by atoms with E-state index in [1.165, 1.54) is 0 Å². The summed E-state index contributed by atoms with van der Waals surface area (Å²) >= 11 is 0. The molecular formula is C15H10O. The van der Waals surface area contributed by atoms with E-state index < -0.39 is 0 Å². The minimum Gasteiger partial charge on any atom is -0.224 e. The van der Waals surface area contributed by atoms with Crippen molar-refractivity contribution in [2.75, 3.05) is 0 Å². The van der Waals surface area contributed by atoms with Crippen molar-refractivity contribution in [1.82, 2.24) is 0 Å². The zero-order valence-corrected chi connectivity index (χ0v) is 8.68. The summed E-state index contributed by atoms with van der Waals surface area (Å²) < 4.78 is 0. The van der Waals surface area contributed by atoms with Gasteiger partial charge in [-0.05, 0) is 16.9 Å². The predicted molar refractivity (Wildman–Crippen MR) is 64.6 cm³/mol. The van der Waals surface area contributed by atoms with Gasteiger partial charge in [-0.2, -0.15) is 0 Å². The molecule has 1 heteroatoms. The van der Waals surface area contributed by atoms with Crippen LogP contribution in [0.1, 0.15) is 11.1 Å². The molecule has 0 amide bonds. The van der Waals surface area contributed by atoms with E-state index in [2.05, 4.69) is 5.73 Å². The molecule has 0 aliphatic rings. The fraction of sp³-hybridized carbons (Fsp3) is 0. The van der Waals surface area contributed by atoms with Crippen LogP contribution in [0.25, 0.3) is 5.57 Å². The Balaban J connectivity index is 2.58. The first-order valence-electron chi connectivity index (χ1n) is 5.03. The third kappa shape index (κ3) is 2.18. The maximum absolute atomic E-state index is 10.5. The fourth-order valence-electron chi connectivity index (χ4n) is 1.57. The first-order chi connectivity index (χ1) is 7.92. The highest BCUT2D eigenvalue weighted by atomic mass is 16.1. The molecular weight excluding hydrogens is 196 g/mol. The highest BCUT2D eigenvalue weighted by molar-refractivity contribution is 5.82. The maximum atomic E-state index is 10.5. The average molecular weight is 206 g/mol. The first kappa shape index (κ1) is 10.2. The average Bonchev–Trinajstić information content (AvgIpc) is 2.38. The van der Waals surface area contributed by atoms with Gasteiger partial charge in [-0.25, -0.2) is 4.79 Å². The van der Waals surface area contributed by atoms with Crippen LogP contribution in [0.5, 0.6) is 0 Å². The molecule has 16 heavy (non-hydrogen) atoms. The van der Waals surface area contributed by atoms with E-state index in [0.717, 1.165) is 16.7 Å². The Morgan fingerprint density at radius 1 is 0.750 bits per heavy atom. The second-order valence-electron chi connectivity index (χ2n) is 3.33. The van der Waals surface area contributed by atoms with Gasteiger partial charge < -0.3 is 0 Å². The second-order valence-corrected chi connectivity index (χ2v) is 3.33. The van der Waals surface area contributed by atoms with E-state index in [1.807, 2.05) is 60.7 Å². The number of hydrogen-bond acceptors (Lipinski definition) is 1. The van der Waals surface area contributed by atoms with Crippen LogP contribution in [0.15, 0.2) is 66.4 Å². The Morgan fingerprint density at radius 3 is 1.56 bits per heavy atom. The van der Waals surface area contributed by atoms with E-state index >= 15 is 0 Å². The molecule has 0 atom stereocenters. The Morgan fingerprint density at radius 2 is 1.19 bits per heavy atom. The molecule has 0 aromatic heterocycles. The summed E-state index contributed by atoms with van der Waals surface area (Å²) in [7, 11) is 0. The second kappa shape index (κ2) is 4.95. The van der Waals surface area contributed by atoms with Gasteiger partial charge in [0.15, 0.2) is 5.94 Å². The third-order valence-corrected chi connectivity index (χ3v) is 2.30. The smallest absolute Gasteiger partial charge is 0.177 e. The molecule has 2 aromatic rings. The van der Waals surface area contributed by atoms with Crippen LogP contribution in [0.4, 0.5) is 0 Å². The lowest BCUT2D eigenvalue weighted by Gasteiger charge is -2.03. The van der Waals surface area contributed by atoms with E-state index in [0.29, 0.717) is 0 Å². The summed E-state index contributed by atoms with van der Waals surface area (Å²) in [5.74, 6) is 1.73. The molecule has 0 radical (unpaired) electrons. The van der Waals surface area contributed by atoms with Crippen LogP contribution < -0.4 is 0 Å². The van der Waals surface area contributed by atoms with Crippen molar-refractivity contribution in [2.24, 2.45) is 0 Å². The largest absolute Gasteiger partial charge is 0.224 e. The molecule has 2 rings (SSSR count). The Kier molecular flexibility index (Phi) is 3.15. The number of benzene rings is 2. The van der Waals surface area contributed by atoms with Crippen LogP contribution in [-0.4, -0.2) is 5.94 Å². The molecule has 1 nitrogen and oxygen atoms in total. The summed E-state index contributed by atoms with van der Waals surface area (Å²) in [6, 6.07) is 19.4. The molecule has 0 spiro atoms. The monoisotopic (exact) mass is 206 g/mol. The summed E-state index contributed by atoms with van der Waals surface area (Å²) in [5.41, 5.74) is 5.34. The van der Waals surface area contributed by atoms with Crippen molar-refractivity contribution in [3.05, 3.63) is 77.5 Å².